The number of rotatable bonds is 22. The third-order valence-electron chi connectivity index (χ3n) is 20.3. The van der Waals surface area contributed by atoms with Crippen molar-refractivity contribution in [2.24, 2.45) is 22.7 Å². The lowest BCUT2D eigenvalue weighted by Gasteiger charge is -2.35. The molecule has 2 saturated heterocycles. The van der Waals surface area contributed by atoms with Gasteiger partial charge in [0, 0.05) is 47.6 Å². The second-order valence-electron chi connectivity index (χ2n) is 29.5. The number of hydrogen-bond donors (Lipinski definition) is 4. The molecule has 10 atom stereocenters. The maximum absolute atomic E-state index is 14.5. The molecule has 4 heterocycles. The first-order valence-corrected chi connectivity index (χ1v) is 35.5. The van der Waals surface area contributed by atoms with E-state index in [4.69, 9.17) is 34.0 Å². The van der Waals surface area contributed by atoms with E-state index in [0.717, 1.165) is 79.8 Å². The Labute approximate surface area is 596 Å². The molecular weight excluding hydrogens is 1360 g/mol. The third-order valence-corrected chi connectivity index (χ3v) is 20.9. The smallest absolute Gasteiger partial charge is 0.408 e. The number of methoxy groups -OCH3 is 2. The molecule has 542 valence electrons. The van der Waals surface area contributed by atoms with Crippen molar-refractivity contribution in [3.63, 3.8) is 0 Å². The molecule has 2 aromatic heterocycles. The number of ether oxygens (including phenoxy) is 6. The molecule has 4 aliphatic carbocycles. The lowest BCUT2D eigenvalue weighted by Crippen LogP contribution is -2.59. The number of aryl methyl sites for hydroxylation is 4. The van der Waals surface area contributed by atoms with Crippen molar-refractivity contribution >= 4 is 103 Å². The van der Waals surface area contributed by atoms with E-state index < -0.39 is 112 Å². The van der Waals surface area contributed by atoms with E-state index >= 15 is 0 Å². The summed E-state index contributed by atoms with van der Waals surface area (Å²) >= 11 is 3.24. The van der Waals surface area contributed by atoms with Crippen LogP contribution in [0, 0.1) is 50.4 Å². The van der Waals surface area contributed by atoms with Gasteiger partial charge in [0.1, 0.15) is 82.5 Å². The van der Waals surface area contributed by atoms with Crippen LogP contribution in [-0.4, -0.2) is 182 Å². The summed E-state index contributed by atoms with van der Waals surface area (Å²) in [6.07, 6.45) is 8.27. The number of nitrogens with one attached hydrogen (secondary N) is 4. The number of benzene rings is 2. The van der Waals surface area contributed by atoms with Crippen molar-refractivity contribution in [3.05, 3.63) is 101 Å². The number of halogens is 1. The van der Waals surface area contributed by atoms with E-state index in [9.17, 15) is 47.9 Å². The summed E-state index contributed by atoms with van der Waals surface area (Å²) in [4.78, 5) is 149. The number of pyridine rings is 2. The fraction of sp³-hybridized carbons (Fsp3) is 0.554. The number of carbonyl (C=O) groups is 10. The van der Waals surface area contributed by atoms with E-state index in [2.05, 4.69) is 65.1 Å². The molecule has 0 bridgehead atoms. The van der Waals surface area contributed by atoms with E-state index in [1.165, 1.54) is 30.1 Å². The summed E-state index contributed by atoms with van der Waals surface area (Å²) in [7, 11) is 2.49. The maximum Gasteiger partial charge on any atom is 0.408 e. The molecule has 27 heteroatoms. The van der Waals surface area contributed by atoms with Crippen LogP contribution in [0.4, 0.5) is 9.59 Å². The normalized spacial score (nSPS) is 23.7. The zero-order valence-corrected chi connectivity index (χ0v) is 61.2. The van der Waals surface area contributed by atoms with Crippen LogP contribution in [0.2, 0.25) is 0 Å². The topological polar surface area (TPSA) is 343 Å². The number of fused-ring (bicyclic) bond motifs is 2. The largest absolute Gasteiger partial charge is 0.488 e. The molecular formula is C74H93BrN10O16. The molecule has 2 aromatic carbocycles. The van der Waals surface area contributed by atoms with Crippen molar-refractivity contribution in [2.45, 2.75) is 206 Å². The van der Waals surface area contributed by atoms with E-state index in [-0.39, 0.29) is 78.2 Å². The van der Waals surface area contributed by atoms with Crippen LogP contribution >= 0.6 is 15.9 Å². The fourth-order valence-corrected chi connectivity index (χ4v) is 14.3. The second-order valence-corrected chi connectivity index (χ2v) is 30.0. The van der Waals surface area contributed by atoms with Crippen molar-refractivity contribution < 1.29 is 81.2 Å². The van der Waals surface area contributed by atoms with Crippen molar-refractivity contribution in [1.29, 1.82) is 0 Å². The molecule has 6 fully saturated rings. The van der Waals surface area contributed by atoms with Crippen LogP contribution in [-0.2, 0) is 47.7 Å². The minimum Gasteiger partial charge on any atom is -0.488 e. The van der Waals surface area contributed by atoms with Gasteiger partial charge in [-0.3, -0.25) is 28.8 Å². The highest BCUT2D eigenvalue weighted by Gasteiger charge is 2.63. The first kappa shape index (κ1) is 76.1. The van der Waals surface area contributed by atoms with Gasteiger partial charge in [-0.1, -0.05) is 81.8 Å². The SMILES string of the molecule is C=C[C@@H]1C[C@]1(NC(=O)[C@@H]1C[C@@H](Oc2cc(C(=O)C=[N+]=[N-])nc3c(C)c(C)ccc23)CN1C(=O)[C@@H](NC(=O)OC1CCCC1)C(C)(C)C)C(=O)OC.C=C[C@@H]1C[C@]1(NC(=O)[C@@H]1C[C@@H](Oc2cc(C(=O)CBr)nc3c(C)c(C)ccc23)CN1C(=O)[C@@H](NC(=O)OC1CCCC1)C(C)(C)C)C(=O)OC. The average Bonchev–Trinajstić information content (AvgIpc) is 1.60. The minimum atomic E-state index is -1.31. The van der Waals surface area contributed by atoms with E-state index in [1.807, 2.05) is 72.7 Å². The minimum absolute atomic E-state index is 0.00462. The van der Waals surface area contributed by atoms with Gasteiger partial charge in [0.25, 0.3) is 5.78 Å². The Morgan fingerprint density at radius 2 is 1.01 bits per heavy atom. The number of nitrogens with zero attached hydrogens (tertiary/aromatic N) is 6. The highest BCUT2D eigenvalue weighted by Crippen LogP contribution is 2.47. The third kappa shape index (κ3) is 16.6. The molecule has 26 nitrogen and oxygen atoms in total. The molecule has 4 saturated carbocycles. The number of ketones is 2. The summed E-state index contributed by atoms with van der Waals surface area (Å²) in [5, 5.41) is 12.6. The van der Waals surface area contributed by atoms with Crippen LogP contribution in [0.15, 0.2) is 61.7 Å². The lowest BCUT2D eigenvalue weighted by atomic mass is 9.85. The van der Waals surface area contributed by atoms with Gasteiger partial charge in [-0.05, 0) is 137 Å². The van der Waals surface area contributed by atoms with Crippen LogP contribution in [0.1, 0.15) is 162 Å². The Hall–Kier alpha value is -9.10. The first-order chi connectivity index (χ1) is 47.8. The van der Waals surface area contributed by atoms with E-state index in [0.29, 0.717) is 40.4 Å². The average molecular weight is 1460 g/mol. The van der Waals surface area contributed by atoms with Gasteiger partial charge in [0.15, 0.2) is 5.78 Å². The number of alkyl halides is 1. The fourth-order valence-electron chi connectivity index (χ4n) is 14.0. The standard InChI is InChI=1S/C37H47BrN4O8.C37H46N6O8/c1-8-22-17-37(22,34(46)48-7)41-32(44)27-15-24(49-29-16-26(28(43)18-38)39-30-21(3)20(2)13-14-25(29)30)19-42(27)33(45)31(36(4,5)6)40-35(47)50-23-11-9-10-12-23;1-8-22-17-37(22,34(47)49-7)42-32(45)27-15-24(19-43(27)33(46)31(36(4,5)6)41-35(48)51-23-11-9-10-12-23)50-29-16-26(28(44)18-39-38)40-30-21(3)20(2)13-14-25(29)30/h8,13-14,16,22-24,27,31H,1,9-12,15,17-19H2,2-7H3,(H,40,47)(H,41,44);8,13-14,16,18,22-24,27,31H,1,9-12,15,17,19H2,2-7H3,(H,41,48)(H,42,45)/t2*22-,24-,27+,31-,37-/m11/s1. The van der Waals surface area contributed by atoms with Crippen LogP contribution in [0.25, 0.3) is 27.3 Å². The van der Waals surface area contributed by atoms with Gasteiger partial charge in [-0.2, -0.15) is 4.79 Å². The first-order valence-electron chi connectivity index (χ1n) is 34.3. The summed E-state index contributed by atoms with van der Waals surface area (Å²) in [5.41, 5.74) is 9.83. The van der Waals surface area contributed by atoms with Gasteiger partial charge in [0.2, 0.25) is 23.6 Å². The Morgan fingerprint density at radius 1 is 0.624 bits per heavy atom. The monoisotopic (exact) mass is 1460 g/mol. The molecule has 101 heavy (non-hydrogen) atoms. The van der Waals surface area contributed by atoms with Gasteiger partial charge in [0.05, 0.1) is 43.7 Å². The number of hydrogen-bond acceptors (Lipinski definition) is 18. The highest BCUT2D eigenvalue weighted by molar-refractivity contribution is 9.09. The van der Waals surface area contributed by atoms with Gasteiger partial charge in [-0.15, -0.1) is 13.2 Å². The number of esters is 2. The Balaban J connectivity index is 0.000000235. The number of likely N-dealkylation sites (tertiary alicyclic amines) is 2. The van der Waals surface area contributed by atoms with Crippen LogP contribution in [0.3, 0.4) is 0 Å². The highest BCUT2D eigenvalue weighted by atomic mass is 79.9. The number of alkyl carbamates (subject to hydrolysis) is 2. The Kier molecular flexibility index (Phi) is 23.4. The summed E-state index contributed by atoms with van der Waals surface area (Å²) in [6.45, 7) is 26.0. The molecule has 4 N–H and O–H groups in total. The zero-order chi connectivity index (χ0) is 73.8. The molecule has 2 aliphatic heterocycles. The zero-order valence-electron chi connectivity index (χ0n) is 59.6. The molecule has 6 aliphatic rings. The van der Waals surface area contributed by atoms with Gasteiger partial charge < -0.3 is 65.0 Å². The number of amides is 6. The molecule has 0 unspecified atom stereocenters. The Morgan fingerprint density at radius 3 is 1.36 bits per heavy atom. The van der Waals surface area contributed by atoms with Crippen LogP contribution < -0.4 is 30.7 Å². The molecule has 10 rings (SSSR count). The van der Waals surface area contributed by atoms with E-state index in [1.54, 1.807) is 39.0 Å². The van der Waals surface area contributed by atoms with Gasteiger partial charge in [-0.25, -0.2) is 29.1 Å². The quantitative estimate of drug-likeness (QED) is 0.00832. The summed E-state index contributed by atoms with van der Waals surface area (Å²) < 4.78 is 34.4. The molecule has 6 amide bonds. The van der Waals surface area contributed by atoms with Crippen molar-refractivity contribution in [2.75, 3.05) is 32.6 Å². The van der Waals surface area contributed by atoms with Crippen LogP contribution in [0.5, 0.6) is 11.5 Å². The second kappa shape index (κ2) is 31.0. The Bertz CT molecular complexity index is 4020. The molecule has 0 radical (unpaired) electrons. The predicted octanol–water partition coefficient (Wildman–Crippen LogP) is 9.10. The van der Waals surface area contributed by atoms with Gasteiger partial charge >= 0.3 is 30.3 Å². The number of carbonyl (C=O) groups excluding carboxylic acids is 10. The molecule has 0 spiro atoms. The summed E-state index contributed by atoms with van der Waals surface area (Å²) in [5.74, 6) is -4.26. The molecule has 4 aromatic rings. The van der Waals surface area contributed by atoms with Crippen molar-refractivity contribution in [3.8, 4) is 11.5 Å². The summed E-state index contributed by atoms with van der Waals surface area (Å²) in [6, 6.07) is 6.27. The number of Topliss-reactive ketones (excluding diaryl/α,β-unsaturated/α-hetero) is 2. The van der Waals surface area contributed by atoms with Crippen molar-refractivity contribution in [1.82, 2.24) is 41.0 Å². The predicted molar refractivity (Wildman–Crippen MR) is 376 cm³/mol. The maximum atomic E-state index is 14.5. The number of aromatic nitrogens is 2. The lowest BCUT2D eigenvalue weighted by molar-refractivity contribution is -0.149.